The van der Waals surface area contributed by atoms with Crippen LogP contribution in [0.15, 0.2) is 0 Å². The molecule has 0 aliphatic carbocycles. The summed E-state index contributed by atoms with van der Waals surface area (Å²) in [4.78, 5) is 2.78. The van der Waals surface area contributed by atoms with Crippen molar-refractivity contribution in [2.45, 2.75) is 89.9 Å². The Kier molecular flexibility index (Phi) is 10.7. The number of piperidine rings is 1. The maximum atomic E-state index is 4.44. The van der Waals surface area contributed by atoms with E-state index in [4.69, 9.17) is 0 Å². The molecule has 0 spiro atoms. The molecule has 0 aromatic carbocycles. The molecule has 2 aliphatic rings. The van der Waals surface area contributed by atoms with Gasteiger partial charge < -0.3 is 4.57 Å². The van der Waals surface area contributed by atoms with Gasteiger partial charge in [-0.25, -0.2) is 0 Å². The van der Waals surface area contributed by atoms with E-state index in [0.717, 1.165) is 17.9 Å². The number of aryl methyl sites for hydroxylation is 1. The third-order valence-corrected chi connectivity index (χ3v) is 6.31. The quantitative estimate of drug-likeness (QED) is 0.358. The summed E-state index contributed by atoms with van der Waals surface area (Å²) in [6.07, 6.45) is 6.48. The van der Waals surface area contributed by atoms with E-state index in [-0.39, 0.29) is 0 Å². The molecular weight excluding hydrogens is 610 g/mol. The molecule has 2 aliphatic heterocycles. The van der Waals surface area contributed by atoms with E-state index in [0.29, 0.717) is 27.5 Å². The van der Waals surface area contributed by atoms with E-state index in [1.807, 2.05) is 0 Å². The molecule has 2 fully saturated rings. The van der Waals surface area contributed by atoms with Crippen molar-refractivity contribution in [1.82, 2.24) is 24.8 Å². The summed E-state index contributed by atoms with van der Waals surface area (Å²) in [5, 5.41) is 12.1. The summed E-state index contributed by atoms with van der Waals surface area (Å²) < 4.78 is 2.44. The Hall–Kier alpha value is 1.53. The van der Waals surface area contributed by atoms with E-state index in [1.54, 1.807) is 0 Å². The molecule has 9 heteroatoms. The van der Waals surface area contributed by atoms with Crippen molar-refractivity contribution in [2.24, 2.45) is 0 Å². The van der Waals surface area contributed by atoms with Crippen LogP contribution in [0, 0.1) is 6.92 Å². The first-order valence-electron chi connectivity index (χ1n) is 9.48. The molecule has 0 saturated carbocycles. The Bertz CT molecular complexity index is 545. The van der Waals surface area contributed by atoms with Gasteiger partial charge >= 0.3 is 49.4 Å². The molecule has 26 heavy (non-hydrogen) atoms. The average Bonchev–Trinajstić information content (AvgIpc) is 3.10. The molecule has 1 aromatic rings. The predicted molar refractivity (Wildman–Crippen MR) is 126 cm³/mol. The molecule has 1 aromatic heterocycles. The number of hydrogen-bond donors (Lipinski definition) is 1. The van der Waals surface area contributed by atoms with Gasteiger partial charge in [0, 0.05) is 36.6 Å². The van der Waals surface area contributed by atoms with Crippen LogP contribution in [0.2, 0.25) is 0 Å². The van der Waals surface area contributed by atoms with Gasteiger partial charge in [-0.3, -0.25) is 9.99 Å². The van der Waals surface area contributed by atoms with Crippen LogP contribution in [-0.2, 0) is 9.47 Å². The van der Waals surface area contributed by atoms with Crippen LogP contribution >= 0.6 is 49.3 Å². The first-order valence-corrected chi connectivity index (χ1v) is 19.1. The molecular formula is C17H32I2N5PV. The fraction of sp³-hybridized carbons (Fsp3) is 0.882. The number of nitrogens with one attached hydrogen (secondary N) is 1. The van der Waals surface area contributed by atoms with Gasteiger partial charge in [-0.2, -0.15) is 0 Å². The normalized spacial score (nSPS) is 26.5. The van der Waals surface area contributed by atoms with Crippen LogP contribution < -0.4 is 5.09 Å². The number of nitrogens with zero attached hydrogens (tertiary/aromatic N) is 4. The van der Waals surface area contributed by atoms with Crippen molar-refractivity contribution in [3.63, 3.8) is 0 Å². The molecule has 4 atom stereocenters. The zero-order valence-corrected chi connectivity index (χ0v) is 23.1. The first kappa shape index (κ1) is 23.8. The van der Waals surface area contributed by atoms with Gasteiger partial charge in [-0.1, -0.05) is 23.2 Å². The van der Waals surface area contributed by atoms with Crippen LogP contribution in [0.5, 0.6) is 0 Å². The fourth-order valence-corrected chi connectivity index (χ4v) is 4.64. The Morgan fingerprint density at radius 1 is 1.15 bits per heavy atom. The van der Waals surface area contributed by atoms with E-state index >= 15 is 0 Å². The minimum atomic E-state index is 0.445. The molecule has 2 saturated heterocycles. The first-order chi connectivity index (χ1) is 12.4. The van der Waals surface area contributed by atoms with Crippen molar-refractivity contribution >= 4 is 49.3 Å². The van der Waals surface area contributed by atoms with Gasteiger partial charge in [0.05, 0.1) is 0 Å². The topological polar surface area (TPSA) is 46.0 Å². The molecule has 3 heterocycles. The number of fused-ring (bicyclic) bond motifs is 2. The summed E-state index contributed by atoms with van der Waals surface area (Å²) in [7, 11) is 3.27. The average molecular weight is 642 g/mol. The third-order valence-electron chi connectivity index (χ3n) is 5.74. The number of halogens is 2. The summed E-state index contributed by atoms with van der Waals surface area (Å²) in [6, 6.07) is 2.66. The Balaban J connectivity index is 0.000000758. The molecule has 0 radical (unpaired) electrons. The predicted octanol–water partition coefficient (Wildman–Crippen LogP) is 4.81. The Morgan fingerprint density at radius 2 is 1.73 bits per heavy atom. The standard InChI is InChI=1S/C17H32N5P.2HI.V/c1-11(2)17-19-18-13(4)22(17)16-9-14-5-6-15(10-16)21(14)8-7-12(3)20-23;;;/h11-12,14-16,20H,5-10,23H2,1-4H3;2*1H;/q;;;+2/p-2. The Morgan fingerprint density at radius 3 is 2.23 bits per heavy atom. The van der Waals surface area contributed by atoms with Crippen molar-refractivity contribution in [2.75, 3.05) is 6.54 Å². The van der Waals surface area contributed by atoms with E-state index < -0.39 is 0 Å². The Labute approximate surface area is 190 Å². The van der Waals surface area contributed by atoms with E-state index in [9.17, 15) is 0 Å². The molecule has 4 unspecified atom stereocenters. The molecule has 0 amide bonds. The maximum absolute atomic E-state index is 4.44. The fourth-order valence-electron chi connectivity index (χ4n) is 4.48. The molecule has 3 rings (SSSR count). The summed E-state index contributed by atoms with van der Waals surface area (Å²) >= 11 is 4.74. The molecule has 1 N–H and O–H groups in total. The van der Waals surface area contributed by atoms with Crippen LogP contribution in [0.25, 0.3) is 0 Å². The number of rotatable bonds is 6. The summed E-state index contributed by atoms with van der Waals surface area (Å²) in [6.45, 7) is 10.0. The van der Waals surface area contributed by atoms with Gasteiger partial charge in [0.1, 0.15) is 11.6 Å². The van der Waals surface area contributed by atoms with Gasteiger partial charge in [-0.05, 0) is 46.0 Å². The zero-order valence-electron chi connectivity index (χ0n) is 16.2. The summed E-state index contributed by atoms with van der Waals surface area (Å²) in [5.74, 6) is 2.70. The molecule has 2 bridgehead atoms. The number of hydrogen-bond acceptors (Lipinski definition) is 4. The van der Waals surface area contributed by atoms with E-state index in [1.165, 1.54) is 44.5 Å². The summed E-state index contributed by atoms with van der Waals surface area (Å²) in [5.41, 5.74) is 0. The third kappa shape index (κ3) is 6.02. The van der Waals surface area contributed by atoms with E-state index in [2.05, 4.69) is 102 Å². The zero-order chi connectivity index (χ0) is 19.3. The molecule has 149 valence electrons. The van der Waals surface area contributed by atoms with Crippen LogP contribution in [0.4, 0.5) is 0 Å². The molecule has 5 nitrogen and oxygen atoms in total. The van der Waals surface area contributed by atoms with Gasteiger partial charge in [-0.15, -0.1) is 10.2 Å². The van der Waals surface area contributed by atoms with Crippen molar-refractivity contribution in [1.29, 1.82) is 0 Å². The van der Waals surface area contributed by atoms with Crippen molar-refractivity contribution in [3.8, 4) is 0 Å². The SMILES string of the molecule is Cc1nnc(C(C)C)n1C1CC2CCC(C1)N2CCC(C)NP.[I][V][I]. The second-order valence-electron chi connectivity index (χ2n) is 7.80. The van der Waals surface area contributed by atoms with Gasteiger partial charge in [0.25, 0.3) is 0 Å². The second kappa shape index (κ2) is 11.7. The second-order valence-corrected chi connectivity index (χ2v) is 19.9. The van der Waals surface area contributed by atoms with Crippen LogP contribution in [0.1, 0.15) is 76.5 Å². The van der Waals surface area contributed by atoms with Crippen LogP contribution in [0.3, 0.4) is 0 Å². The number of aromatic nitrogens is 3. The minimum absolute atomic E-state index is 0.445. The monoisotopic (exact) mass is 642 g/mol. The van der Waals surface area contributed by atoms with Crippen molar-refractivity contribution < 1.29 is 9.47 Å². The van der Waals surface area contributed by atoms with Crippen LogP contribution in [-0.4, -0.2) is 44.3 Å². The van der Waals surface area contributed by atoms with Gasteiger partial charge in [0.2, 0.25) is 0 Å². The van der Waals surface area contributed by atoms with Crippen molar-refractivity contribution in [3.05, 3.63) is 11.6 Å². The van der Waals surface area contributed by atoms with Gasteiger partial charge in [0.15, 0.2) is 0 Å².